The number of anilines is 2. The molecule has 7 heteroatoms. The van der Waals surface area contributed by atoms with E-state index >= 15 is 0 Å². The quantitative estimate of drug-likeness (QED) is 0.628. The highest BCUT2D eigenvalue weighted by atomic mass is 16.5. The number of carbonyl (C=O) groups is 3. The van der Waals surface area contributed by atoms with Gasteiger partial charge in [-0.05, 0) is 81.8 Å². The van der Waals surface area contributed by atoms with Crippen LogP contribution in [0.15, 0.2) is 54.6 Å². The average molecular weight is 500 g/mol. The number of nitrogens with zero attached hydrogens (tertiary/aromatic N) is 1. The summed E-state index contributed by atoms with van der Waals surface area (Å²) < 4.78 is 6.45. The van der Waals surface area contributed by atoms with Gasteiger partial charge in [-0.15, -0.1) is 0 Å². The van der Waals surface area contributed by atoms with Gasteiger partial charge in [-0.3, -0.25) is 19.3 Å². The fourth-order valence-electron chi connectivity index (χ4n) is 6.53. The van der Waals surface area contributed by atoms with Crippen molar-refractivity contribution in [1.82, 2.24) is 5.32 Å². The molecular formula is C30H33N3O4. The molecule has 0 aromatic heterocycles. The van der Waals surface area contributed by atoms with Crippen molar-refractivity contribution < 1.29 is 19.1 Å². The second kappa shape index (κ2) is 8.28. The Morgan fingerprint density at radius 1 is 1.05 bits per heavy atom. The number of amides is 3. The molecule has 3 aliphatic heterocycles. The van der Waals surface area contributed by atoms with E-state index in [9.17, 15) is 14.4 Å². The van der Waals surface area contributed by atoms with Crippen molar-refractivity contribution in [2.45, 2.75) is 70.2 Å². The number of carbonyl (C=O) groups excluding carboxylic acids is 3. The number of hydrogen-bond acceptors (Lipinski definition) is 4. The van der Waals surface area contributed by atoms with E-state index in [1.807, 2.05) is 76.2 Å². The molecular weight excluding hydrogens is 466 g/mol. The third-order valence-corrected chi connectivity index (χ3v) is 8.09. The van der Waals surface area contributed by atoms with E-state index < -0.39 is 35.1 Å². The van der Waals surface area contributed by atoms with Gasteiger partial charge >= 0.3 is 0 Å². The number of fused-ring (bicyclic) bond motifs is 2. The van der Waals surface area contributed by atoms with Gasteiger partial charge in [0.2, 0.25) is 17.7 Å². The van der Waals surface area contributed by atoms with Crippen LogP contribution in [0.2, 0.25) is 0 Å². The van der Waals surface area contributed by atoms with Gasteiger partial charge in [0.1, 0.15) is 11.6 Å². The SMILES string of the molecule is Cc1ccccc1NC(=O)[C@@H]1[C@@H]2C=C[C@]3(O2)[C@@H]1C(=O)N(c1ccc2c(c1)CCC2)[C@@H]3C(=O)NC(C)(C)C. The fraction of sp³-hybridized carbons (Fsp3) is 0.433. The zero-order valence-electron chi connectivity index (χ0n) is 21.7. The molecule has 1 aliphatic carbocycles. The Labute approximate surface area is 217 Å². The smallest absolute Gasteiger partial charge is 0.246 e. The van der Waals surface area contributed by atoms with E-state index in [1.165, 1.54) is 11.1 Å². The minimum atomic E-state index is -1.20. The van der Waals surface area contributed by atoms with Gasteiger partial charge in [-0.25, -0.2) is 0 Å². The zero-order valence-corrected chi connectivity index (χ0v) is 21.7. The van der Waals surface area contributed by atoms with E-state index in [1.54, 1.807) is 4.90 Å². The Hall–Kier alpha value is -3.45. The average Bonchev–Trinajstić information content (AvgIpc) is 3.59. The predicted octanol–water partition coefficient (Wildman–Crippen LogP) is 3.69. The van der Waals surface area contributed by atoms with Gasteiger partial charge in [0.25, 0.3) is 0 Å². The minimum absolute atomic E-state index is 0.246. The summed E-state index contributed by atoms with van der Waals surface area (Å²) in [7, 11) is 0. The van der Waals surface area contributed by atoms with Crippen molar-refractivity contribution in [2.24, 2.45) is 11.8 Å². The van der Waals surface area contributed by atoms with Gasteiger partial charge < -0.3 is 15.4 Å². The zero-order chi connectivity index (χ0) is 26.1. The van der Waals surface area contributed by atoms with Crippen LogP contribution in [0.3, 0.4) is 0 Å². The minimum Gasteiger partial charge on any atom is -0.359 e. The second-order valence-corrected chi connectivity index (χ2v) is 11.8. The molecule has 1 spiro atoms. The largest absolute Gasteiger partial charge is 0.359 e. The van der Waals surface area contributed by atoms with Crippen LogP contribution in [0.1, 0.15) is 43.9 Å². The maximum atomic E-state index is 14.2. The fourth-order valence-corrected chi connectivity index (χ4v) is 6.53. The summed E-state index contributed by atoms with van der Waals surface area (Å²) in [6.07, 6.45) is 6.19. The molecule has 2 N–H and O–H groups in total. The van der Waals surface area contributed by atoms with Crippen molar-refractivity contribution >= 4 is 29.1 Å². The molecule has 0 saturated carbocycles. The van der Waals surface area contributed by atoms with Crippen LogP contribution in [0.4, 0.5) is 11.4 Å². The van der Waals surface area contributed by atoms with Crippen molar-refractivity contribution in [3.63, 3.8) is 0 Å². The summed E-state index contributed by atoms with van der Waals surface area (Å²) >= 11 is 0. The van der Waals surface area contributed by atoms with Gasteiger partial charge in [0.15, 0.2) is 0 Å². The van der Waals surface area contributed by atoms with Crippen LogP contribution < -0.4 is 15.5 Å². The van der Waals surface area contributed by atoms with E-state index in [4.69, 9.17) is 4.74 Å². The Morgan fingerprint density at radius 2 is 1.81 bits per heavy atom. The standard InChI is InChI=1S/C30H33N3O4/c1-17-8-5-6-11-21(17)31-26(34)23-22-14-15-30(37-22)24(23)28(36)33(25(30)27(35)32-29(2,3)4)20-13-12-18-9-7-10-19(18)16-20/h5-6,8,11-16,22-25H,7,9-10H2,1-4H3,(H,31,34)(H,32,35)/t22-,23+,24-,25+,30-/m0/s1. The lowest BCUT2D eigenvalue weighted by Crippen LogP contribution is -2.58. The first kappa shape index (κ1) is 23.9. The third kappa shape index (κ3) is 3.71. The number of para-hydroxylation sites is 1. The molecule has 2 aromatic carbocycles. The Balaban J connectivity index is 1.41. The summed E-state index contributed by atoms with van der Waals surface area (Å²) in [5.74, 6) is -2.33. The molecule has 0 radical (unpaired) electrons. The van der Waals surface area contributed by atoms with E-state index in [0.29, 0.717) is 11.4 Å². The third-order valence-electron chi connectivity index (χ3n) is 8.09. The molecule has 6 rings (SSSR count). The molecule has 192 valence electrons. The van der Waals surface area contributed by atoms with Crippen LogP contribution in [0, 0.1) is 18.8 Å². The van der Waals surface area contributed by atoms with Gasteiger partial charge in [-0.2, -0.15) is 0 Å². The number of hydrogen-bond donors (Lipinski definition) is 2. The Bertz CT molecular complexity index is 1340. The highest BCUT2D eigenvalue weighted by Gasteiger charge is 2.73. The monoisotopic (exact) mass is 499 g/mol. The Kier molecular flexibility index (Phi) is 5.35. The summed E-state index contributed by atoms with van der Waals surface area (Å²) in [6.45, 7) is 7.67. The highest BCUT2D eigenvalue weighted by Crippen LogP contribution is 2.56. The molecule has 5 atom stereocenters. The summed E-state index contributed by atoms with van der Waals surface area (Å²) in [5.41, 5.74) is 3.12. The first-order valence-corrected chi connectivity index (χ1v) is 13.1. The molecule has 2 bridgehead atoms. The summed E-state index contributed by atoms with van der Waals surface area (Å²) in [5, 5.41) is 6.08. The molecule has 7 nitrogen and oxygen atoms in total. The van der Waals surface area contributed by atoms with Crippen LogP contribution in [0.5, 0.6) is 0 Å². The first-order valence-electron chi connectivity index (χ1n) is 13.1. The number of aryl methyl sites for hydroxylation is 3. The maximum Gasteiger partial charge on any atom is 0.246 e. The molecule has 0 unspecified atom stereocenters. The lowest BCUT2D eigenvalue weighted by Gasteiger charge is -2.34. The van der Waals surface area contributed by atoms with Crippen molar-refractivity contribution in [3.8, 4) is 0 Å². The normalized spacial score (nSPS) is 29.4. The number of benzene rings is 2. The highest BCUT2D eigenvalue weighted by molar-refractivity contribution is 6.11. The molecule has 3 amide bonds. The van der Waals surface area contributed by atoms with Crippen LogP contribution in [-0.2, 0) is 32.0 Å². The number of ether oxygens (including phenoxy) is 1. The lowest BCUT2D eigenvalue weighted by molar-refractivity contribution is -0.129. The number of nitrogens with one attached hydrogen (secondary N) is 2. The molecule has 37 heavy (non-hydrogen) atoms. The van der Waals surface area contributed by atoms with Crippen LogP contribution in [-0.4, -0.2) is 41.0 Å². The number of rotatable bonds is 4. The topological polar surface area (TPSA) is 87.7 Å². The van der Waals surface area contributed by atoms with E-state index in [-0.39, 0.29) is 17.7 Å². The molecule has 4 aliphatic rings. The van der Waals surface area contributed by atoms with E-state index in [2.05, 4.69) is 16.7 Å². The molecule has 3 heterocycles. The summed E-state index contributed by atoms with van der Waals surface area (Å²) in [4.78, 5) is 43.3. The van der Waals surface area contributed by atoms with Gasteiger partial charge in [0.05, 0.1) is 17.9 Å². The van der Waals surface area contributed by atoms with Crippen LogP contribution in [0.25, 0.3) is 0 Å². The first-order chi connectivity index (χ1) is 17.6. The Morgan fingerprint density at radius 3 is 2.57 bits per heavy atom. The molecule has 2 aromatic rings. The van der Waals surface area contributed by atoms with Gasteiger partial charge in [0, 0.05) is 16.9 Å². The van der Waals surface area contributed by atoms with Crippen molar-refractivity contribution in [3.05, 3.63) is 71.3 Å². The second-order valence-electron chi connectivity index (χ2n) is 11.8. The molecule has 2 saturated heterocycles. The predicted molar refractivity (Wildman–Crippen MR) is 141 cm³/mol. The maximum absolute atomic E-state index is 14.2. The van der Waals surface area contributed by atoms with Gasteiger partial charge in [-0.1, -0.05) is 36.4 Å². The van der Waals surface area contributed by atoms with Crippen molar-refractivity contribution in [1.29, 1.82) is 0 Å². The van der Waals surface area contributed by atoms with Crippen molar-refractivity contribution in [2.75, 3.05) is 10.2 Å². The van der Waals surface area contributed by atoms with E-state index in [0.717, 1.165) is 24.8 Å². The van der Waals surface area contributed by atoms with Crippen LogP contribution >= 0.6 is 0 Å². The lowest BCUT2D eigenvalue weighted by atomic mass is 9.74. The molecule has 2 fully saturated rings. The summed E-state index contributed by atoms with van der Waals surface area (Å²) in [6, 6.07) is 12.7.